The number of carbonyl (C=O) groups excluding carboxylic acids is 3. The van der Waals surface area contributed by atoms with E-state index in [-0.39, 0.29) is 10.7 Å². The molecular formula is C15H12O5S. The number of methoxy groups -OCH3 is 1. The maximum Gasteiger partial charge on any atom is 0.350 e. The van der Waals surface area contributed by atoms with Crippen LogP contribution in [0.1, 0.15) is 22.8 Å². The molecule has 5 nitrogen and oxygen atoms in total. The molecule has 0 spiro atoms. The summed E-state index contributed by atoms with van der Waals surface area (Å²) in [6.45, 7) is 1.61. The van der Waals surface area contributed by atoms with Crippen LogP contribution in [0, 0.1) is 0 Å². The molecule has 1 unspecified atom stereocenters. The van der Waals surface area contributed by atoms with Gasteiger partial charge in [-0.25, -0.2) is 4.79 Å². The maximum absolute atomic E-state index is 12.1. The van der Waals surface area contributed by atoms with Crippen molar-refractivity contribution in [3.63, 3.8) is 0 Å². The van der Waals surface area contributed by atoms with Crippen LogP contribution in [0.5, 0.6) is 0 Å². The first-order valence-electron chi connectivity index (χ1n) is 6.31. The molecule has 0 fully saturated rings. The molecule has 1 atom stereocenters. The number of allylic oxidation sites excluding steroid dienone is 1. The summed E-state index contributed by atoms with van der Waals surface area (Å²) in [6, 6.07) is 6.73. The van der Waals surface area contributed by atoms with Crippen molar-refractivity contribution in [3.8, 4) is 0 Å². The largest absolute Gasteiger partial charge is 0.473 e. The van der Waals surface area contributed by atoms with Gasteiger partial charge in [0.05, 0.1) is 7.11 Å². The molecule has 21 heavy (non-hydrogen) atoms. The van der Waals surface area contributed by atoms with Gasteiger partial charge in [0.25, 0.3) is 0 Å². The number of Topliss-reactive ketones (excluding diaryl/α,β-unsaturated/α-hetero) is 2. The quantitative estimate of drug-likeness (QED) is 0.582. The van der Waals surface area contributed by atoms with E-state index in [2.05, 4.69) is 0 Å². The second kappa shape index (κ2) is 4.73. The third-order valence-electron chi connectivity index (χ3n) is 3.47. The molecule has 1 heterocycles. The van der Waals surface area contributed by atoms with Gasteiger partial charge < -0.3 is 9.47 Å². The SMILES string of the molecule is COC(=O)C1(C)CSC2=C(O1)c1ccccc1C(=O)C2=O. The van der Waals surface area contributed by atoms with Gasteiger partial charge >= 0.3 is 5.97 Å². The van der Waals surface area contributed by atoms with Gasteiger partial charge in [-0.15, -0.1) is 11.8 Å². The maximum atomic E-state index is 12.1. The van der Waals surface area contributed by atoms with Gasteiger partial charge in [0, 0.05) is 16.9 Å². The van der Waals surface area contributed by atoms with Crippen molar-refractivity contribution in [3.05, 3.63) is 40.3 Å². The van der Waals surface area contributed by atoms with Crippen molar-refractivity contribution in [1.82, 2.24) is 0 Å². The van der Waals surface area contributed by atoms with E-state index in [1.807, 2.05) is 0 Å². The Bertz CT molecular complexity index is 706. The lowest BCUT2D eigenvalue weighted by Crippen LogP contribution is -2.45. The first-order chi connectivity index (χ1) is 9.98. The number of ketones is 2. The van der Waals surface area contributed by atoms with Crippen molar-refractivity contribution < 1.29 is 23.9 Å². The monoisotopic (exact) mass is 304 g/mol. The topological polar surface area (TPSA) is 69.7 Å². The van der Waals surface area contributed by atoms with Crippen molar-refractivity contribution in [2.24, 2.45) is 0 Å². The first kappa shape index (κ1) is 13.9. The molecule has 1 aromatic rings. The lowest BCUT2D eigenvalue weighted by atomic mass is 9.93. The minimum Gasteiger partial charge on any atom is -0.473 e. The Morgan fingerprint density at radius 1 is 1.24 bits per heavy atom. The minimum atomic E-state index is -1.17. The average molecular weight is 304 g/mol. The van der Waals surface area contributed by atoms with Crippen molar-refractivity contribution >= 4 is 35.1 Å². The van der Waals surface area contributed by atoms with Crippen LogP contribution in [-0.2, 0) is 19.1 Å². The Hall–Kier alpha value is -2.08. The van der Waals surface area contributed by atoms with Gasteiger partial charge in [-0.05, 0) is 6.92 Å². The molecule has 0 saturated carbocycles. The molecule has 0 aromatic heterocycles. The fraction of sp³-hybridized carbons (Fsp3) is 0.267. The Labute approximate surface area is 125 Å². The standard InChI is InChI=1S/C15H12O5S/c1-15(14(18)19-2)7-21-13-11(17)10(16)8-5-3-4-6-9(8)12(13)20-15/h3-6H,7H2,1-2H3. The number of carbonyl (C=O) groups is 3. The normalized spacial score (nSPS) is 24.1. The van der Waals surface area contributed by atoms with Crippen molar-refractivity contribution in [2.45, 2.75) is 12.5 Å². The van der Waals surface area contributed by atoms with Crippen LogP contribution < -0.4 is 0 Å². The van der Waals surface area contributed by atoms with Gasteiger partial charge in [-0.2, -0.15) is 0 Å². The molecule has 6 heteroatoms. The second-order valence-electron chi connectivity index (χ2n) is 4.98. The highest BCUT2D eigenvalue weighted by Crippen LogP contribution is 2.44. The van der Waals surface area contributed by atoms with E-state index in [4.69, 9.17) is 9.47 Å². The van der Waals surface area contributed by atoms with Crippen LogP contribution in [0.25, 0.3) is 5.76 Å². The number of esters is 1. The van der Waals surface area contributed by atoms with Crippen molar-refractivity contribution in [2.75, 3.05) is 12.9 Å². The molecule has 2 aliphatic rings. The summed E-state index contributed by atoms with van der Waals surface area (Å²) >= 11 is 1.16. The Morgan fingerprint density at radius 3 is 2.57 bits per heavy atom. The summed E-state index contributed by atoms with van der Waals surface area (Å²) in [5.41, 5.74) is -0.332. The Morgan fingerprint density at radius 2 is 1.90 bits per heavy atom. The summed E-state index contributed by atoms with van der Waals surface area (Å²) in [5.74, 6) is -1.12. The summed E-state index contributed by atoms with van der Waals surface area (Å²) < 4.78 is 10.5. The number of fused-ring (bicyclic) bond motifs is 2. The minimum absolute atomic E-state index is 0.222. The highest BCUT2D eigenvalue weighted by Gasteiger charge is 2.46. The fourth-order valence-corrected chi connectivity index (χ4v) is 3.45. The summed E-state index contributed by atoms with van der Waals surface area (Å²) in [4.78, 5) is 36.4. The molecule has 0 radical (unpaired) electrons. The molecule has 3 rings (SSSR count). The summed E-state index contributed by atoms with van der Waals surface area (Å²) in [7, 11) is 1.29. The van der Waals surface area contributed by atoms with E-state index in [9.17, 15) is 14.4 Å². The molecule has 1 aliphatic carbocycles. The van der Waals surface area contributed by atoms with Crippen LogP contribution in [0.2, 0.25) is 0 Å². The zero-order chi connectivity index (χ0) is 15.2. The lowest BCUT2D eigenvalue weighted by Gasteiger charge is -2.35. The first-order valence-corrected chi connectivity index (χ1v) is 7.29. The van der Waals surface area contributed by atoms with Crippen LogP contribution >= 0.6 is 11.8 Å². The Balaban J connectivity index is 2.13. The molecule has 0 saturated heterocycles. The molecular weight excluding hydrogens is 292 g/mol. The predicted octanol–water partition coefficient (Wildman–Crippen LogP) is 1.82. The fourth-order valence-electron chi connectivity index (χ4n) is 2.34. The van der Waals surface area contributed by atoms with E-state index in [1.165, 1.54) is 7.11 Å². The van der Waals surface area contributed by atoms with Gasteiger partial charge in [0.2, 0.25) is 17.2 Å². The number of hydrogen-bond acceptors (Lipinski definition) is 6. The van der Waals surface area contributed by atoms with Gasteiger partial charge in [-0.1, -0.05) is 24.3 Å². The molecule has 0 bridgehead atoms. The number of hydrogen-bond donors (Lipinski definition) is 0. The molecule has 0 amide bonds. The smallest absolute Gasteiger partial charge is 0.350 e. The van der Waals surface area contributed by atoms with Crippen LogP contribution in [0.15, 0.2) is 29.2 Å². The molecule has 1 aliphatic heterocycles. The number of benzene rings is 1. The average Bonchev–Trinajstić information content (AvgIpc) is 2.51. The third kappa shape index (κ3) is 1.98. The molecule has 0 N–H and O–H groups in total. The van der Waals surface area contributed by atoms with Gasteiger partial charge in [0.1, 0.15) is 10.7 Å². The van der Waals surface area contributed by atoms with E-state index < -0.39 is 23.1 Å². The highest BCUT2D eigenvalue weighted by molar-refractivity contribution is 8.04. The van der Waals surface area contributed by atoms with Gasteiger partial charge in [0.15, 0.2) is 0 Å². The Kier molecular flexibility index (Phi) is 3.13. The van der Waals surface area contributed by atoms with E-state index >= 15 is 0 Å². The number of rotatable bonds is 1. The zero-order valence-electron chi connectivity index (χ0n) is 11.5. The highest BCUT2D eigenvalue weighted by atomic mass is 32.2. The van der Waals surface area contributed by atoms with Crippen LogP contribution in [-0.4, -0.2) is 36.0 Å². The lowest BCUT2D eigenvalue weighted by molar-refractivity contribution is -0.157. The summed E-state index contributed by atoms with van der Waals surface area (Å²) in [5, 5.41) is 0. The van der Waals surface area contributed by atoms with Crippen LogP contribution in [0.4, 0.5) is 0 Å². The zero-order valence-corrected chi connectivity index (χ0v) is 12.3. The van der Waals surface area contributed by atoms with Crippen LogP contribution in [0.3, 0.4) is 0 Å². The van der Waals surface area contributed by atoms with E-state index in [0.29, 0.717) is 16.9 Å². The number of thioether (sulfide) groups is 1. The number of ether oxygens (including phenoxy) is 2. The van der Waals surface area contributed by atoms with E-state index in [1.54, 1.807) is 31.2 Å². The van der Waals surface area contributed by atoms with E-state index in [0.717, 1.165) is 11.8 Å². The summed E-state index contributed by atoms with van der Waals surface area (Å²) in [6.07, 6.45) is 0. The third-order valence-corrected chi connectivity index (χ3v) is 4.83. The van der Waals surface area contributed by atoms with Gasteiger partial charge in [-0.3, -0.25) is 9.59 Å². The van der Waals surface area contributed by atoms with Crippen molar-refractivity contribution in [1.29, 1.82) is 0 Å². The molecule has 1 aromatic carbocycles. The predicted molar refractivity (Wildman–Crippen MR) is 76.7 cm³/mol. The second-order valence-corrected chi connectivity index (χ2v) is 5.96. The molecule has 108 valence electrons.